The van der Waals surface area contributed by atoms with E-state index in [2.05, 4.69) is 82.8 Å². The number of rotatable bonds is 8. The van der Waals surface area contributed by atoms with Gasteiger partial charge in [-0.25, -0.2) is 0 Å². The van der Waals surface area contributed by atoms with E-state index in [1.165, 1.54) is 10.9 Å². The van der Waals surface area contributed by atoms with Crippen molar-refractivity contribution in [2.45, 2.75) is 12.3 Å². The third-order valence-corrected chi connectivity index (χ3v) is 7.09. The van der Waals surface area contributed by atoms with Crippen LogP contribution in [-0.2, 0) is 4.79 Å². The number of ether oxygens (including phenoxy) is 1. The highest BCUT2D eigenvalue weighted by molar-refractivity contribution is 5.86. The van der Waals surface area contributed by atoms with Gasteiger partial charge >= 0.3 is 0 Å². The Hall–Kier alpha value is -3.83. The van der Waals surface area contributed by atoms with E-state index in [4.69, 9.17) is 4.74 Å². The molecule has 2 heterocycles. The second kappa shape index (κ2) is 11.3. The van der Waals surface area contributed by atoms with Gasteiger partial charge < -0.3 is 14.6 Å². The number of nitrogens with zero attached hydrogens (tertiary/aromatic N) is 2. The van der Waals surface area contributed by atoms with Gasteiger partial charge in [0.2, 0.25) is 5.91 Å². The van der Waals surface area contributed by atoms with Gasteiger partial charge in [0.25, 0.3) is 0 Å². The first-order chi connectivity index (χ1) is 17.7. The molecule has 1 aromatic heterocycles. The summed E-state index contributed by atoms with van der Waals surface area (Å²) >= 11 is 0. The Morgan fingerprint density at radius 2 is 1.67 bits per heavy atom. The first-order valence-corrected chi connectivity index (χ1v) is 12.6. The standard InChI is InChI=1S/C31H33N3O2/c1-36-26-15-13-25(14-16-26)28(29-23-32-30-12-6-5-11-27(29)30)22-31(35)34-20-18-33(19-21-34)17-7-10-24-8-3-2-4-9-24/h2-16,23,28,32H,17-22H2,1H3/b10-7+. The van der Waals surface area contributed by atoms with Gasteiger partial charge in [-0.2, -0.15) is 0 Å². The number of aromatic nitrogens is 1. The van der Waals surface area contributed by atoms with Gasteiger partial charge in [-0.05, 0) is 34.9 Å². The number of methoxy groups -OCH3 is 1. The Kier molecular flexibility index (Phi) is 7.48. The number of H-pyrrole nitrogens is 1. The van der Waals surface area contributed by atoms with Gasteiger partial charge in [-0.1, -0.05) is 72.8 Å². The van der Waals surface area contributed by atoms with Crippen LogP contribution < -0.4 is 4.74 Å². The van der Waals surface area contributed by atoms with E-state index in [-0.39, 0.29) is 11.8 Å². The first-order valence-electron chi connectivity index (χ1n) is 12.6. The average Bonchev–Trinajstić information content (AvgIpc) is 3.37. The molecule has 0 bridgehead atoms. The van der Waals surface area contributed by atoms with Crippen LogP contribution in [0.4, 0.5) is 0 Å². The van der Waals surface area contributed by atoms with Crippen LogP contribution in [0.5, 0.6) is 5.75 Å². The van der Waals surface area contributed by atoms with Crippen LogP contribution in [0, 0.1) is 0 Å². The molecule has 1 amide bonds. The Balaban J connectivity index is 1.26. The molecule has 1 unspecified atom stereocenters. The van der Waals surface area contributed by atoms with Crippen molar-refractivity contribution < 1.29 is 9.53 Å². The molecule has 1 N–H and O–H groups in total. The molecule has 5 nitrogen and oxygen atoms in total. The van der Waals surface area contributed by atoms with Crippen molar-refractivity contribution in [2.75, 3.05) is 39.8 Å². The van der Waals surface area contributed by atoms with Gasteiger partial charge in [-0.3, -0.25) is 9.69 Å². The number of nitrogens with one attached hydrogen (secondary N) is 1. The van der Waals surface area contributed by atoms with Crippen molar-refractivity contribution in [3.05, 3.63) is 108 Å². The molecule has 1 aliphatic heterocycles. The normalized spacial score (nSPS) is 15.4. The highest BCUT2D eigenvalue weighted by Gasteiger charge is 2.26. The van der Waals surface area contributed by atoms with Crippen LogP contribution in [0.25, 0.3) is 17.0 Å². The molecule has 1 aliphatic rings. The third-order valence-electron chi connectivity index (χ3n) is 7.09. The SMILES string of the molecule is COc1ccc(C(CC(=O)N2CCN(C/C=C/c3ccccc3)CC2)c2c[nH]c3ccccc23)cc1. The lowest BCUT2D eigenvalue weighted by Gasteiger charge is -2.35. The molecule has 36 heavy (non-hydrogen) atoms. The minimum Gasteiger partial charge on any atom is -0.497 e. The van der Waals surface area contributed by atoms with Crippen LogP contribution >= 0.6 is 0 Å². The maximum Gasteiger partial charge on any atom is 0.223 e. The Labute approximate surface area is 213 Å². The molecule has 5 heteroatoms. The van der Waals surface area contributed by atoms with Crippen molar-refractivity contribution in [3.63, 3.8) is 0 Å². The minimum absolute atomic E-state index is 0.0219. The van der Waals surface area contributed by atoms with Crippen molar-refractivity contribution in [2.24, 2.45) is 0 Å². The zero-order valence-electron chi connectivity index (χ0n) is 20.8. The highest BCUT2D eigenvalue weighted by Crippen LogP contribution is 2.34. The minimum atomic E-state index is -0.0219. The fraction of sp³-hybridized carbons (Fsp3) is 0.258. The fourth-order valence-electron chi connectivity index (χ4n) is 5.01. The van der Waals surface area contributed by atoms with Crippen LogP contribution in [0.3, 0.4) is 0 Å². The molecule has 4 aromatic rings. The van der Waals surface area contributed by atoms with E-state index in [9.17, 15) is 4.79 Å². The number of hydrogen-bond donors (Lipinski definition) is 1. The fourth-order valence-corrected chi connectivity index (χ4v) is 5.01. The molecule has 3 aromatic carbocycles. The summed E-state index contributed by atoms with van der Waals surface area (Å²) in [5.41, 5.74) is 4.59. The van der Waals surface area contributed by atoms with Crippen LogP contribution in [0.2, 0.25) is 0 Å². The Bertz CT molecular complexity index is 1300. The van der Waals surface area contributed by atoms with Crippen molar-refractivity contribution in [1.29, 1.82) is 0 Å². The third kappa shape index (κ3) is 5.52. The molecule has 184 valence electrons. The summed E-state index contributed by atoms with van der Waals surface area (Å²) in [6, 6.07) is 26.8. The summed E-state index contributed by atoms with van der Waals surface area (Å²) in [6.07, 6.45) is 6.88. The number of amides is 1. The number of hydrogen-bond acceptors (Lipinski definition) is 3. The lowest BCUT2D eigenvalue weighted by molar-refractivity contribution is -0.133. The molecular formula is C31H33N3O2. The lowest BCUT2D eigenvalue weighted by Crippen LogP contribution is -2.48. The summed E-state index contributed by atoms with van der Waals surface area (Å²) in [6.45, 7) is 4.22. The number of benzene rings is 3. The quantitative estimate of drug-likeness (QED) is 0.360. The predicted molar refractivity (Wildman–Crippen MR) is 146 cm³/mol. The second-order valence-electron chi connectivity index (χ2n) is 9.31. The van der Waals surface area contributed by atoms with E-state index >= 15 is 0 Å². The maximum atomic E-state index is 13.5. The molecule has 1 saturated heterocycles. The zero-order chi connectivity index (χ0) is 24.7. The predicted octanol–water partition coefficient (Wildman–Crippen LogP) is 5.56. The van der Waals surface area contributed by atoms with E-state index in [0.29, 0.717) is 6.42 Å². The Morgan fingerprint density at radius 3 is 2.42 bits per heavy atom. The lowest BCUT2D eigenvalue weighted by atomic mass is 9.87. The van der Waals surface area contributed by atoms with Crippen molar-refractivity contribution >= 4 is 22.9 Å². The van der Waals surface area contributed by atoms with Crippen molar-refractivity contribution in [1.82, 2.24) is 14.8 Å². The van der Waals surface area contributed by atoms with Crippen molar-refractivity contribution in [3.8, 4) is 5.75 Å². The van der Waals surface area contributed by atoms with Crippen LogP contribution in [-0.4, -0.2) is 60.5 Å². The van der Waals surface area contributed by atoms with Gasteiger partial charge in [0.15, 0.2) is 0 Å². The van der Waals surface area contributed by atoms with Crippen LogP contribution in [0.15, 0.2) is 91.1 Å². The molecular weight excluding hydrogens is 446 g/mol. The molecule has 5 rings (SSSR count). The summed E-state index contributed by atoms with van der Waals surface area (Å²) in [7, 11) is 1.67. The second-order valence-corrected chi connectivity index (χ2v) is 9.31. The number of piperazine rings is 1. The molecule has 0 radical (unpaired) electrons. The number of fused-ring (bicyclic) bond motifs is 1. The molecule has 1 atom stereocenters. The van der Waals surface area contributed by atoms with E-state index in [1.807, 2.05) is 29.2 Å². The Morgan fingerprint density at radius 1 is 0.944 bits per heavy atom. The molecule has 0 aliphatic carbocycles. The zero-order valence-corrected chi connectivity index (χ0v) is 20.8. The largest absolute Gasteiger partial charge is 0.497 e. The number of aromatic amines is 1. The van der Waals surface area contributed by atoms with Gasteiger partial charge in [-0.15, -0.1) is 0 Å². The van der Waals surface area contributed by atoms with E-state index < -0.39 is 0 Å². The van der Waals surface area contributed by atoms with E-state index in [0.717, 1.165) is 55.1 Å². The first kappa shape index (κ1) is 23.9. The summed E-state index contributed by atoms with van der Waals surface area (Å²) in [5, 5.41) is 1.17. The number of carbonyl (C=O) groups excluding carboxylic acids is 1. The summed E-state index contributed by atoms with van der Waals surface area (Å²) < 4.78 is 5.36. The summed E-state index contributed by atoms with van der Waals surface area (Å²) in [5.74, 6) is 1.01. The smallest absolute Gasteiger partial charge is 0.223 e. The molecule has 0 spiro atoms. The monoisotopic (exact) mass is 479 g/mol. The number of carbonyl (C=O) groups is 1. The van der Waals surface area contributed by atoms with Gasteiger partial charge in [0.05, 0.1) is 7.11 Å². The van der Waals surface area contributed by atoms with Gasteiger partial charge in [0.1, 0.15) is 5.75 Å². The number of para-hydroxylation sites is 1. The van der Waals surface area contributed by atoms with Gasteiger partial charge in [0, 0.05) is 62.2 Å². The topological polar surface area (TPSA) is 48.6 Å². The maximum absolute atomic E-state index is 13.5. The van der Waals surface area contributed by atoms with E-state index in [1.54, 1.807) is 7.11 Å². The van der Waals surface area contributed by atoms with Crippen LogP contribution in [0.1, 0.15) is 29.0 Å². The average molecular weight is 480 g/mol. The molecule has 1 fully saturated rings. The molecule has 0 saturated carbocycles. The summed E-state index contributed by atoms with van der Waals surface area (Å²) in [4.78, 5) is 21.3. The highest BCUT2D eigenvalue weighted by atomic mass is 16.5.